The predicted molar refractivity (Wildman–Crippen MR) is 55.2 cm³/mol. The summed E-state index contributed by atoms with van der Waals surface area (Å²) in [4.78, 5) is 1.13. The van der Waals surface area contributed by atoms with Crippen molar-refractivity contribution in [1.29, 1.82) is 0 Å². The van der Waals surface area contributed by atoms with Gasteiger partial charge >= 0.3 is 0 Å². The molecule has 0 amide bonds. The van der Waals surface area contributed by atoms with Crippen molar-refractivity contribution < 1.29 is 0 Å². The van der Waals surface area contributed by atoms with Crippen LogP contribution in [0, 0.1) is 0 Å². The number of nitrogens with two attached hydrogens (primary N) is 2. The molecule has 0 fully saturated rings. The van der Waals surface area contributed by atoms with Crippen LogP contribution in [0.15, 0.2) is 15.9 Å². The van der Waals surface area contributed by atoms with Crippen LogP contribution in [0.4, 0.5) is 0 Å². The SMILES string of the molecule is Cl.NC[C@H](N)c1cc(Br)cs1. The highest BCUT2D eigenvalue weighted by Gasteiger charge is 2.04. The van der Waals surface area contributed by atoms with Gasteiger partial charge in [0.15, 0.2) is 0 Å². The van der Waals surface area contributed by atoms with E-state index in [1.165, 1.54) is 0 Å². The number of hydrogen-bond acceptors (Lipinski definition) is 3. The summed E-state index contributed by atoms with van der Waals surface area (Å²) < 4.78 is 1.08. The zero-order valence-corrected chi connectivity index (χ0v) is 9.01. The van der Waals surface area contributed by atoms with Crippen LogP contribution >= 0.6 is 39.7 Å². The van der Waals surface area contributed by atoms with Crippen molar-refractivity contribution >= 4 is 39.7 Å². The van der Waals surface area contributed by atoms with Gasteiger partial charge in [0.05, 0.1) is 6.04 Å². The van der Waals surface area contributed by atoms with Crippen LogP contribution in [-0.4, -0.2) is 6.54 Å². The normalized spacial score (nSPS) is 12.3. The quantitative estimate of drug-likeness (QED) is 0.850. The Hall–Kier alpha value is 0.390. The average Bonchev–Trinajstić information content (AvgIpc) is 2.34. The Balaban J connectivity index is 0.000001000. The van der Waals surface area contributed by atoms with E-state index in [0.717, 1.165) is 9.35 Å². The second kappa shape index (κ2) is 5.11. The molecule has 1 rings (SSSR count). The van der Waals surface area contributed by atoms with Gasteiger partial charge in [-0.3, -0.25) is 0 Å². The molecule has 5 heteroatoms. The zero-order valence-electron chi connectivity index (χ0n) is 5.79. The van der Waals surface area contributed by atoms with Gasteiger partial charge in [-0.1, -0.05) is 0 Å². The minimum atomic E-state index is -0.00343. The lowest BCUT2D eigenvalue weighted by atomic mass is 10.3. The highest BCUT2D eigenvalue weighted by Crippen LogP contribution is 2.23. The summed E-state index contributed by atoms with van der Waals surface area (Å²) in [5.41, 5.74) is 11.1. The van der Waals surface area contributed by atoms with Crippen LogP contribution in [0.1, 0.15) is 10.9 Å². The van der Waals surface area contributed by atoms with E-state index < -0.39 is 0 Å². The maximum Gasteiger partial charge on any atom is 0.0514 e. The van der Waals surface area contributed by atoms with Gasteiger partial charge in [-0.2, -0.15) is 0 Å². The van der Waals surface area contributed by atoms with E-state index in [2.05, 4.69) is 15.9 Å². The van der Waals surface area contributed by atoms with E-state index in [1.54, 1.807) is 11.3 Å². The zero-order chi connectivity index (χ0) is 7.56. The van der Waals surface area contributed by atoms with Crippen molar-refractivity contribution in [2.24, 2.45) is 11.5 Å². The van der Waals surface area contributed by atoms with Crippen LogP contribution in [0.2, 0.25) is 0 Å². The van der Waals surface area contributed by atoms with Gasteiger partial charge in [-0.05, 0) is 22.0 Å². The Morgan fingerprint density at radius 1 is 1.64 bits per heavy atom. The van der Waals surface area contributed by atoms with E-state index in [-0.39, 0.29) is 18.4 Å². The second-order valence-corrected chi connectivity index (χ2v) is 3.87. The molecule has 0 bridgehead atoms. The molecule has 1 aromatic heterocycles. The molecular weight excluding hydrogens is 248 g/mol. The summed E-state index contributed by atoms with van der Waals surface area (Å²) in [5, 5.41) is 2.00. The molecule has 0 aliphatic heterocycles. The first kappa shape index (κ1) is 11.4. The summed E-state index contributed by atoms with van der Waals surface area (Å²) in [6, 6.07) is 2.00. The lowest BCUT2D eigenvalue weighted by molar-refractivity contribution is 0.751. The van der Waals surface area contributed by atoms with Gasteiger partial charge < -0.3 is 11.5 Å². The molecule has 1 heterocycles. The first-order chi connectivity index (χ1) is 4.74. The summed E-state index contributed by atoms with van der Waals surface area (Å²) in [6.07, 6.45) is 0. The molecule has 1 atom stereocenters. The Morgan fingerprint density at radius 3 is 2.64 bits per heavy atom. The van der Waals surface area contributed by atoms with Crippen LogP contribution in [0.5, 0.6) is 0 Å². The molecule has 0 aromatic carbocycles. The predicted octanol–water partition coefficient (Wildman–Crippen LogP) is 1.89. The van der Waals surface area contributed by atoms with Crippen molar-refractivity contribution in [2.75, 3.05) is 6.54 Å². The molecule has 0 unspecified atom stereocenters. The van der Waals surface area contributed by atoms with Crippen LogP contribution in [0.3, 0.4) is 0 Å². The van der Waals surface area contributed by atoms with Gasteiger partial charge in [0.2, 0.25) is 0 Å². The molecule has 0 saturated carbocycles. The third-order valence-electron chi connectivity index (χ3n) is 1.21. The lowest BCUT2D eigenvalue weighted by Gasteiger charge is -2.02. The van der Waals surface area contributed by atoms with Gasteiger partial charge in [-0.15, -0.1) is 23.7 Å². The van der Waals surface area contributed by atoms with E-state index in [0.29, 0.717) is 6.54 Å². The summed E-state index contributed by atoms with van der Waals surface area (Å²) in [5.74, 6) is 0. The Labute approximate surface area is 84.5 Å². The van der Waals surface area contributed by atoms with Crippen molar-refractivity contribution in [1.82, 2.24) is 0 Å². The highest BCUT2D eigenvalue weighted by atomic mass is 79.9. The Kier molecular flexibility index (Phi) is 5.29. The fraction of sp³-hybridized carbons (Fsp3) is 0.333. The molecule has 0 radical (unpaired) electrons. The molecular formula is C6H10BrClN2S. The maximum atomic E-state index is 5.67. The number of hydrogen-bond donors (Lipinski definition) is 2. The molecule has 4 N–H and O–H groups in total. The largest absolute Gasteiger partial charge is 0.329 e. The summed E-state index contributed by atoms with van der Waals surface area (Å²) in [7, 11) is 0. The molecule has 0 aliphatic rings. The Morgan fingerprint density at radius 2 is 2.27 bits per heavy atom. The second-order valence-electron chi connectivity index (χ2n) is 2.01. The van der Waals surface area contributed by atoms with Crippen molar-refractivity contribution in [3.8, 4) is 0 Å². The number of thiophene rings is 1. The highest BCUT2D eigenvalue weighted by molar-refractivity contribution is 9.10. The third kappa shape index (κ3) is 3.09. The smallest absolute Gasteiger partial charge is 0.0514 e. The van der Waals surface area contributed by atoms with E-state index in [1.807, 2.05) is 11.4 Å². The van der Waals surface area contributed by atoms with Crippen LogP contribution < -0.4 is 11.5 Å². The molecule has 11 heavy (non-hydrogen) atoms. The number of rotatable bonds is 2. The molecule has 0 spiro atoms. The van der Waals surface area contributed by atoms with Crippen LogP contribution in [0.25, 0.3) is 0 Å². The average molecular weight is 258 g/mol. The van der Waals surface area contributed by atoms with Crippen molar-refractivity contribution in [3.63, 3.8) is 0 Å². The van der Waals surface area contributed by atoms with Gasteiger partial charge in [0.1, 0.15) is 0 Å². The monoisotopic (exact) mass is 256 g/mol. The van der Waals surface area contributed by atoms with E-state index in [9.17, 15) is 0 Å². The van der Waals surface area contributed by atoms with Crippen molar-refractivity contribution in [2.45, 2.75) is 6.04 Å². The number of halogens is 2. The Bertz CT molecular complexity index is 216. The van der Waals surface area contributed by atoms with E-state index >= 15 is 0 Å². The lowest BCUT2D eigenvalue weighted by Crippen LogP contribution is -2.19. The minimum absolute atomic E-state index is 0. The standard InChI is InChI=1S/C6H9BrN2S.ClH/c7-4-1-6(10-3-4)5(9)2-8;/h1,3,5H,2,8-9H2;1H/t5-;/m0./s1. The first-order valence-electron chi connectivity index (χ1n) is 2.93. The fourth-order valence-corrected chi connectivity index (χ4v) is 2.10. The minimum Gasteiger partial charge on any atom is -0.329 e. The van der Waals surface area contributed by atoms with E-state index in [4.69, 9.17) is 11.5 Å². The topological polar surface area (TPSA) is 52.0 Å². The van der Waals surface area contributed by atoms with Crippen molar-refractivity contribution in [3.05, 3.63) is 20.8 Å². The van der Waals surface area contributed by atoms with Gasteiger partial charge in [0.25, 0.3) is 0 Å². The summed E-state index contributed by atoms with van der Waals surface area (Å²) >= 11 is 4.97. The van der Waals surface area contributed by atoms with Crippen LogP contribution in [-0.2, 0) is 0 Å². The molecule has 1 aromatic rings. The molecule has 64 valence electrons. The third-order valence-corrected chi connectivity index (χ3v) is 3.03. The maximum absolute atomic E-state index is 5.67. The molecule has 0 saturated heterocycles. The van der Waals surface area contributed by atoms with Gasteiger partial charge in [-0.25, -0.2) is 0 Å². The summed E-state index contributed by atoms with van der Waals surface area (Å²) in [6.45, 7) is 0.507. The fourth-order valence-electron chi connectivity index (χ4n) is 0.639. The molecule has 2 nitrogen and oxygen atoms in total. The molecule has 0 aliphatic carbocycles. The van der Waals surface area contributed by atoms with Gasteiger partial charge in [0, 0.05) is 21.3 Å². The first-order valence-corrected chi connectivity index (χ1v) is 4.61.